The summed E-state index contributed by atoms with van der Waals surface area (Å²) in [5.74, 6) is -0.0266. The van der Waals surface area contributed by atoms with E-state index in [9.17, 15) is 23.5 Å². The summed E-state index contributed by atoms with van der Waals surface area (Å²) < 4.78 is 53.8. The fraction of sp³-hybridized carbons (Fsp3) is 0.235. The van der Waals surface area contributed by atoms with Crippen LogP contribution in [0.5, 0.6) is 5.75 Å². The number of hydrogen-bond donors (Lipinski definition) is 3. The van der Waals surface area contributed by atoms with Gasteiger partial charge < -0.3 is 14.6 Å². The fourth-order valence-electron chi connectivity index (χ4n) is 5.32. The van der Waals surface area contributed by atoms with Gasteiger partial charge in [-0.05, 0) is 53.1 Å². The van der Waals surface area contributed by atoms with E-state index < -0.39 is 29.3 Å². The number of aliphatic hydroxyl groups is 1. The Morgan fingerprint density at radius 1 is 1.02 bits per heavy atom. The molecule has 1 heterocycles. The summed E-state index contributed by atoms with van der Waals surface area (Å²) in [4.78, 5) is 22.3. The molecule has 4 aromatic rings. The van der Waals surface area contributed by atoms with Gasteiger partial charge in [0.15, 0.2) is 11.6 Å². The fourth-order valence-corrected chi connectivity index (χ4v) is 5.74. The van der Waals surface area contributed by atoms with Crippen molar-refractivity contribution in [2.45, 2.75) is 37.2 Å². The molecule has 248 valence electrons. The van der Waals surface area contributed by atoms with E-state index in [1.807, 2.05) is 18.2 Å². The van der Waals surface area contributed by atoms with E-state index in [-0.39, 0.29) is 36.7 Å². The number of aliphatic hydroxyl groups excluding tert-OH is 1. The number of nitrogens with one attached hydrogen (secondary N) is 2. The van der Waals surface area contributed by atoms with Gasteiger partial charge in [-0.15, -0.1) is 0 Å². The number of hydrazine groups is 1. The highest BCUT2D eigenvalue weighted by atomic mass is 79.9. The molecule has 1 amide bonds. The molecule has 1 aliphatic rings. The number of hydrogen-bond acceptors (Lipinski definition) is 7. The zero-order valence-corrected chi connectivity index (χ0v) is 26.9. The van der Waals surface area contributed by atoms with Crippen molar-refractivity contribution in [3.63, 3.8) is 0 Å². The summed E-state index contributed by atoms with van der Waals surface area (Å²) in [6.45, 7) is -0.0181. The Bertz CT molecular complexity index is 1830. The van der Waals surface area contributed by atoms with E-state index in [4.69, 9.17) is 19.6 Å². The average Bonchev–Trinajstić information content (AvgIpc) is 3.46. The van der Waals surface area contributed by atoms with Crippen LogP contribution in [-0.4, -0.2) is 35.7 Å². The Hall–Kier alpha value is -4.88. The van der Waals surface area contributed by atoms with Crippen molar-refractivity contribution in [2.24, 2.45) is 10.1 Å². The summed E-state index contributed by atoms with van der Waals surface area (Å²) in [5, 5.41) is 12.9. The van der Waals surface area contributed by atoms with Crippen LogP contribution in [0.4, 0.5) is 18.9 Å². The van der Waals surface area contributed by atoms with Crippen LogP contribution in [0.2, 0.25) is 0 Å². The van der Waals surface area contributed by atoms with Crippen LogP contribution in [0.15, 0.2) is 112 Å². The van der Waals surface area contributed by atoms with Crippen LogP contribution in [0.25, 0.3) is 10.4 Å². The number of aliphatic imine (C=N–C) groups is 1. The predicted molar refractivity (Wildman–Crippen MR) is 176 cm³/mol. The molecule has 4 aromatic carbocycles. The van der Waals surface area contributed by atoms with E-state index in [1.54, 1.807) is 54.6 Å². The van der Waals surface area contributed by atoms with Crippen LogP contribution in [-0.2, 0) is 28.7 Å². The third-order valence-electron chi connectivity index (χ3n) is 7.62. The maximum Gasteiger partial charge on any atom is 0.416 e. The van der Waals surface area contributed by atoms with Crippen LogP contribution in [0.1, 0.15) is 40.3 Å². The molecule has 0 spiro atoms. The first-order valence-electron chi connectivity index (χ1n) is 14.8. The molecule has 0 saturated heterocycles. The number of ether oxygens (including phenoxy) is 2. The molecule has 1 aliphatic heterocycles. The second kappa shape index (κ2) is 15.3. The maximum absolute atomic E-state index is 14.4. The first kappa shape index (κ1) is 34.5. The van der Waals surface area contributed by atoms with Gasteiger partial charge in [0, 0.05) is 52.2 Å². The van der Waals surface area contributed by atoms with Crippen molar-refractivity contribution in [3.05, 3.63) is 140 Å². The molecule has 0 saturated carbocycles. The molecule has 14 heteroatoms. The third kappa shape index (κ3) is 7.80. The van der Waals surface area contributed by atoms with Gasteiger partial charge in [0.1, 0.15) is 5.75 Å². The van der Waals surface area contributed by atoms with Crippen molar-refractivity contribution in [1.29, 1.82) is 0 Å². The lowest BCUT2D eigenvalue weighted by molar-refractivity contribution is -0.138. The van der Waals surface area contributed by atoms with Gasteiger partial charge in [-0.2, -0.15) is 13.2 Å². The van der Waals surface area contributed by atoms with Crippen molar-refractivity contribution < 1.29 is 32.5 Å². The van der Waals surface area contributed by atoms with E-state index in [0.29, 0.717) is 39.9 Å². The molecular weight excluding hydrogens is 693 g/mol. The minimum Gasteiger partial charge on any atom is -0.494 e. The summed E-state index contributed by atoms with van der Waals surface area (Å²) in [5.41, 5.74) is 13.7. The Morgan fingerprint density at radius 2 is 1.71 bits per heavy atom. The highest BCUT2D eigenvalue weighted by Gasteiger charge is 2.54. The molecule has 0 aromatic heterocycles. The summed E-state index contributed by atoms with van der Waals surface area (Å²) >= 11 is 3.56. The third-order valence-corrected chi connectivity index (χ3v) is 8.40. The minimum absolute atomic E-state index is 0.00713. The van der Waals surface area contributed by atoms with Crippen molar-refractivity contribution in [2.75, 3.05) is 13.2 Å². The Labute approximate surface area is 282 Å². The molecule has 0 radical (unpaired) electrons. The largest absolute Gasteiger partial charge is 0.494 e. The van der Waals surface area contributed by atoms with Gasteiger partial charge in [-0.25, -0.2) is 10.4 Å². The minimum atomic E-state index is -4.59. The van der Waals surface area contributed by atoms with Gasteiger partial charge in [0.2, 0.25) is 5.90 Å². The van der Waals surface area contributed by atoms with Gasteiger partial charge in [-0.3, -0.25) is 10.2 Å². The second-order valence-corrected chi connectivity index (χ2v) is 11.6. The van der Waals surface area contributed by atoms with Crippen molar-refractivity contribution in [3.8, 4) is 5.75 Å². The van der Waals surface area contributed by atoms with Crippen molar-refractivity contribution >= 4 is 33.4 Å². The lowest BCUT2D eigenvalue weighted by atomic mass is 9.81. The Morgan fingerprint density at radius 3 is 2.42 bits per heavy atom. The number of carbonyl (C=O) groups excluding carboxylic acids is 1. The van der Waals surface area contributed by atoms with E-state index in [2.05, 4.69) is 36.8 Å². The van der Waals surface area contributed by atoms with Gasteiger partial charge in [0.25, 0.3) is 5.91 Å². The lowest BCUT2D eigenvalue weighted by Gasteiger charge is -2.31. The van der Waals surface area contributed by atoms with E-state index in [0.717, 1.165) is 6.07 Å². The molecule has 5 rings (SSSR count). The first-order chi connectivity index (χ1) is 23.2. The van der Waals surface area contributed by atoms with Crippen LogP contribution in [0.3, 0.4) is 0 Å². The van der Waals surface area contributed by atoms with Crippen molar-refractivity contribution in [1.82, 2.24) is 10.9 Å². The lowest BCUT2D eigenvalue weighted by Crippen LogP contribution is -2.53. The van der Waals surface area contributed by atoms with Crippen LogP contribution < -0.4 is 15.6 Å². The van der Waals surface area contributed by atoms with Crippen LogP contribution in [0, 0.1) is 0 Å². The molecular formula is C34H30BrF3N6O4. The number of alkyl halides is 3. The first-order valence-corrected chi connectivity index (χ1v) is 15.6. The normalized spacial score (nSPS) is 17.2. The molecule has 0 fully saturated rings. The number of benzene rings is 4. The summed E-state index contributed by atoms with van der Waals surface area (Å²) in [6.07, 6.45) is -5.27. The number of halogens is 4. The van der Waals surface area contributed by atoms with E-state index >= 15 is 0 Å². The molecule has 2 atom stereocenters. The topological polar surface area (TPSA) is 141 Å². The quantitative estimate of drug-likeness (QED) is 0.0431. The predicted octanol–water partition coefficient (Wildman–Crippen LogP) is 7.49. The Balaban J connectivity index is 1.57. The van der Waals surface area contributed by atoms with Gasteiger partial charge in [-0.1, -0.05) is 81.7 Å². The molecule has 0 bridgehead atoms. The molecule has 0 unspecified atom stereocenters. The highest BCUT2D eigenvalue weighted by molar-refractivity contribution is 9.10. The Kier molecular flexibility index (Phi) is 11.0. The number of carbonyl (C=O) groups is 1. The van der Waals surface area contributed by atoms with E-state index in [1.165, 1.54) is 18.2 Å². The molecule has 10 nitrogen and oxygen atoms in total. The zero-order chi connectivity index (χ0) is 34.1. The number of rotatable bonds is 13. The summed E-state index contributed by atoms with van der Waals surface area (Å²) in [6, 6.07) is 25.8. The monoisotopic (exact) mass is 722 g/mol. The average molecular weight is 724 g/mol. The summed E-state index contributed by atoms with van der Waals surface area (Å²) in [7, 11) is 0. The maximum atomic E-state index is 14.4. The highest BCUT2D eigenvalue weighted by Crippen LogP contribution is 2.46. The molecule has 0 aliphatic carbocycles. The molecule has 3 N–H and O–H groups in total. The standard InChI is InChI=1S/C34H30BrF3N6O4/c35-28-12-5-2-8-23(28)20-33(32(46)43-40-21-24-9-1-4-11-27(24)34(36,37)38)30(26-10-3-6-13-29(26)42-44-39)48-31(41-33)22-14-16-25(17-15-22)47-19-7-18-45/h1-6,8-17,30,40,45H,7,18-21H2,(H,43,46)/t30-,33-/m0/s1. The van der Waals surface area contributed by atoms with Crippen LogP contribution >= 0.6 is 15.9 Å². The van der Waals surface area contributed by atoms with Gasteiger partial charge in [0.05, 0.1) is 12.2 Å². The number of azide groups is 1. The zero-order valence-electron chi connectivity index (χ0n) is 25.3. The SMILES string of the molecule is [N-]=[N+]=Nc1ccccc1[C@@H]1OC(c2ccc(OCCCO)cc2)=N[C@]1(Cc1ccccc1Br)C(=O)NNCc1ccccc1C(F)(F)F. The van der Waals surface area contributed by atoms with Gasteiger partial charge >= 0.3 is 6.18 Å². The smallest absolute Gasteiger partial charge is 0.416 e. The molecule has 48 heavy (non-hydrogen) atoms. The second-order valence-electron chi connectivity index (χ2n) is 10.8. The number of nitrogens with zero attached hydrogens (tertiary/aromatic N) is 4. The number of amides is 1.